The van der Waals surface area contributed by atoms with Crippen molar-refractivity contribution in [3.8, 4) is 17.2 Å². The number of hydrogen-bond acceptors (Lipinski definition) is 15. The second kappa shape index (κ2) is 10.5. The number of rotatable bonds is 9. The fourth-order valence-electron chi connectivity index (χ4n) is 8.06. The molecular formula is C31H34O15. The fourth-order valence-corrected chi connectivity index (χ4v) is 8.06. The minimum atomic E-state index is -1.78. The quantitative estimate of drug-likeness (QED) is 0.159. The van der Waals surface area contributed by atoms with Crippen molar-refractivity contribution in [1.29, 1.82) is 0 Å². The van der Waals surface area contributed by atoms with Crippen LogP contribution in [0.3, 0.4) is 0 Å². The number of aliphatic hydroxyl groups is 3. The molecule has 2 aromatic rings. The van der Waals surface area contributed by atoms with Gasteiger partial charge in [-0.3, -0.25) is 0 Å². The Hall–Kier alpha value is -3.54. The van der Waals surface area contributed by atoms with Crippen LogP contribution in [-0.4, -0.2) is 117 Å². The maximum Gasteiger partial charge on any atom is 0.338 e. The first-order valence-electron chi connectivity index (χ1n) is 14.7. The van der Waals surface area contributed by atoms with Crippen molar-refractivity contribution >= 4 is 11.9 Å². The molecule has 0 spiro atoms. The number of carbonyl (C=O) groups excluding carboxylic acids is 2. The Bertz CT molecular complexity index is 1530. The van der Waals surface area contributed by atoms with E-state index in [4.69, 9.17) is 33.2 Å². The summed E-state index contributed by atoms with van der Waals surface area (Å²) < 4.78 is 42.0. The third-order valence-electron chi connectivity index (χ3n) is 10.4. The number of aromatic hydroxyl groups is 3. The van der Waals surface area contributed by atoms with E-state index in [0.29, 0.717) is 12.0 Å². The van der Waals surface area contributed by atoms with Crippen molar-refractivity contribution in [2.45, 2.75) is 73.8 Å². The first-order chi connectivity index (χ1) is 21.8. The Morgan fingerprint density at radius 2 is 1.59 bits per heavy atom. The summed E-state index contributed by atoms with van der Waals surface area (Å²) >= 11 is 0. The van der Waals surface area contributed by atoms with Gasteiger partial charge < -0.3 is 63.8 Å². The maximum absolute atomic E-state index is 13.0. The summed E-state index contributed by atoms with van der Waals surface area (Å²) in [6.07, 6.45) is -8.56. The van der Waals surface area contributed by atoms with E-state index in [0.717, 1.165) is 12.1 Å². The number of benzene rings is 2. The lowest BCUT2D eigenvalue weighted by Gasteiger charge is -2.68. The highest BCUT2D eigenvalue weighted by Gasteiger charge is 2.95. The molecule has 4 saturated heterocycles. The summed E-state index contributed by atoms with van der Waals surface area (Å²) in [5, 5.41) is 61.5. The van der Waals surface area contributed by atoms with Gasteiger partial charge in [0.2, 0.25) is 0 Å². The van der Waals surface area contributed by atoms with E-state index in [-0.39, 0.29) is 24.5 Å². The van der Waals surface area contributed by atoms with Crippen LogP contribution in [-0.2, 0) is 33.2 Å². The van der Waals surface area contributed by atoms with Crippen LogP contribution in [0.5, 0.6) is 17.2 Å². The molecule has 248 valence electrons. The van der Waals surface area contributed by atoms with Crippen LogP contribution in [0.1, 0.15) is 40.5 Å². The number of phenolic OH excluding ortho intramolecular Hbond substituents is 3. The topological polar surface area (TPSA) is 220 Å². The summed E-state index contributed by atoms with van der Waals surface area (Å²) in [5.41, 5.74) is -3.40. The lowest BCUT2D eigenvalue weighted by Crippen LogP contribution is -2.81. The lowest BCUT2D eigenvalue weighted by molar-refractivity contribution is -0.427. The minimum Gasteiger partial charge on any atom is -0.504 e. The smallest absolute Gasteiger partial charge is 0.338 e. The first-order valence-corrected chi connectivity index (χ1v) is 14.7. The van der Waals surface area contributed by atoms with Crippen LogP contribution >= 0.6 is 0 Å². The van der Waals surface area contributed by atoms with Gasteiger partial charge >= 0.3 is 11.9 Å². The molecular weight excluding hydrogens is 612 g/mol. The van der Waals surface area contributed by atoms with Crippen molar-refractivity contribution in [3.63, 3.8) is 0 Å². The Morgan fingerprint density at radius 3 is 2.26 bits per heavy atom. The summed E-state index contributed by atoms with van der Waals surface area (Å²) in [5.74, 6) is -5.33. The summed E-state index contributed by atoms with van der Waals surface area (Å²) in [6.45, 7) is 0.987. The van der Waals surface area contributed by atoms with Gasteiger partial charge in [-0.25, -0.2) is 9.59 Å². The highest BCUT2D eigenvalue weighted by atomic mass is 16.8. The molecule has 0 unspecified atom stereocenters. The van der Waals surface area contributed by atoms with Gasteiger partial charge in [-0.15, -0.1) is 0 Å². The highest BCUT2D eigenvalue weighted by molar-refractivity contribution is 5.91. The van der Waals surface area contributed by atoms with Crippen LogP contribution in [0.15, 0.2) is 42.5 Å². The first kappa shape index (κ1) is 31.1. The van der Waals surface area contributed by atoms with Crippen LogP contribution in [0.25, 0.3) is 0 Å². The molecule has 4 heterocycles. The van der Waals surface area contributed by atoms with Gasteiger partial charge in [-0.2, -0.15) is 0 Å². The van der Waals surface area contributed by atoms with Gasteiger partial charge in [-0.1, -0.05) is 18.2 Å². The zero-order valence-corrected chi connectivity index (χ0v) is 24.8. The Balaban J connectivity index is 1.13. The molecule has 15 nitrogen and oxygen atoms in total. The van der Waals surface area contributed by atoms with Crippen molar-refractivity contribution in [3.05, 3.63) is 53.6 Å². The van der Waals surface area contributed by atoms with Crippen molar-refractivity contribution in [2.75, 3.05) is 20.3 Å². The standard InChI is InChI=1S/C31H34O15/c1-28-12-30(40-2)19-10-31(28,29(19,27(45-28)46-30)13-42-24(38)14-6-4-3-5-7-14)44-26-23(37)22(36)21(35)18(43-26)11-41-25(39)15-8-16(32)20(34)17(33)9-15/h3-9,18-19,21-23,26-27,32-37H,10-13H2,1-2H3/t18-,19+,21-,22+,23-,26+,27-,28+,29+,30-,31-/m1/s1. The van der Waals surface area contributed by atoms with E-state index in [2.05, 4.69) is 0 Å². The molecule has 3 saturated carbocycles. The molecule has 15 heteroatoms. The Labute approximate surface area is 261 Å². The van der Waals surface area contributed by atoms with Gasteiger partial charge in [0.25, 0.3) is 0 Å². The zero-order valence-electron chi connectivity index (χ0n) is 24.8. The van der Waals surface area contributed by atoms with Crippen LogP contribution in [0.2, 0.25) is 0 Å². The van der Waals surface area contributed by atoms with Crippen LogP contribution < -0.4 is 0 Å². The SMILES string of the molecule is CO[C@]12C[C@]3(C)O[C@H](O1)[C@]1(COC(=O)c4ccccc4)[C@@H]2C[C@]13O[C@@H]1O[C@H](COC(=O)c2cc(O)c(O)c(O)c2)[C@@H](O)[C@H](O)[C@H]1O. The average Bonchev–Trinajstić information content (AvgIpc) is 3.25. The maximum atomic E-state index is 13.0. The zero-order chi connectivity index (χ0) is 32.8. The van der Waals surface area contributed by atoms with E-state index in [1.165, 1.54) is 7.11 Å². The molecule has 4 aliphatic heterocycles. The number of hydrogen-bond donors (Lipinski definition) is 6. The third kappa shape index (κ3) is 4.07. The molecule has 0 amide bonds. The van der Waals surface area contributed by atoms with Gasteiger partial charge in [0.1, 0.15) is 48.8 Å². The number of esters is 2. The lowest BCUT2D eigenvalue weighted by atomic mass is 9.41. The molecule has 11 atom stereocenters. The molecule has 6 bridgehead atoms. The molecule has 0 radical (unpaired) electrons. The van der Waals surface area contributed by atoms with E-state index in [1.807, 2.05) is 0 Å². The van der Waals surface area contributed by atoms with Crippen molar-refractivity contribution in [1.82, 2.24) is 0 Å². The third-order valence-corrected chi connectivity index (χ3v) is 10.4. The minimum absolute atomic E-state index is 0.182. The number of carbonyl (C=O) groups is 2. The molecule has 9 rings (SSSR count). The molecule has 7 aliphatic rings. The average molecular weight is 647 g/mol. The Morgan fingerprint density at radius 1 is 0.913 bits per heavy atom. The van der Waals surface area contributed by atoms with Crippen LogP contribution in [0.4, 0.5) is 0 Å². The van der Waals surface area contributed by atoms with Gasteiger partial charge in [0.15, 0.2) is 35.6 Å². The predicted molar refractivity (Wildman–Crippen MR) is 148 cm³/mol. The van der Waals surface area contributed by atoms with Crippen molar-refractivity contribution < 1.29 is 73.4 Å². The van der Waals surface area contributed by atoms with E-state index in [9.17, 15) is 40.2 Å². The largest absolute Gasteiger partial charge is 0.504 e. The Kier molecular flexibility index (Phi) is 7.08. The highest BCUT2D eigenvalue weighted by Crippen LogP contribution is 2.82. The number of aliphatic hydroxyl groups excluding tert-OH is 3. The number of ether oxygens (including phenoxy) is 7. The van der Waals surface area contributed by atoms with E-state index in [1.54, 1.807) is 37.3 Å². The summed E-state index contributed by atoms with van der Waals surface area (Å²) in [7, 11) is 1.53. The molecule has 3 aliphatic carbocycles. The van der Waals surface area contributed by atoms with E-state index >= 15 is 0 Å². The molecule has 46 heavy (non-hydrogen) atoms. The number of phenols is 3. The van der Waals surface area contributed by atoms with Crippen molar-refractivity contribution in [2.24, 2.45) is 11.3 Å². The van der Waals surface area contributed by atoms with Gasteiger partial charge in [0.05, 0.1) is 16.5 Å². The number of methoxy groups -OCH3 is 1. The summed E-state index contributed by atoms with van der Waals surface area (Å²) in [4.78, 5) is 25.6. The molecule has 2 aromatic carbocycles. The molecule has 0 aromatic heterocycles. The second-order valence-electron chi connectivity index (χ2n) is 12.7. The molecule has 7 fully saturated rings. The molecule has 6 N–H and O–H groups in total. The fraction of sp³-hybridized carbons (Fsp3) is 0.548. The van der Waals surface area contributed by atoms with E-state index < -0.39 is 95.2 Å². The monoisotopic (exact) mass is 646 g/mol. The predicted octanol–water partition coefficient (Wildman–Crippen LogP) is 0.278. The second-order valence-corrected chi connectivity index (χ2v) is 12.7. The summed E-state index contributed by atoms with van der Waals surface area (Å²) in [6, 6.07) is 10.2. The van der Waals surface area contributed by atoms with Gasteiger partial charge in [0, 0.05) is 19.4 Å². The van der Waals surface area contributed by atoms with Gasteiger partial charge in [-0.05, 0) is 37.6 Å². The van der Waals surface area contributed by atoms with Crippen LogP contribution in [0, 0.1) is 11.3 Å². The normalized spacial score (nSPS) is 41.6.